The van der Waals surface area contributed by atoms with Crippen molar-refractivity contribution in [2.75, 3.05) is 0 Å². The predicted octanol–water partition coefficient (Wildman–Crippen LogP) is 2.86. The maximum atomic E-state index is 5.81. The number of hydrogen-bond acceptors (Lipinski definition) is 4. The number of fused-ring (bicyclic) bond motifs is 1. The van der Waals surface area contributed by atoms with Crippen LogP contribution in [0.15, 0.2) is 41.4 Å². The minimum absolute atomic E-state index is 0.158. The zero-order chi connectivity index (χ0) is 13.2. The molecule has 3 aromatic rings. The van der Waals surface area contributed by atoms with Crippen molar-refractivity contribution in [2.45, 2.75) is 26.5 Å². The van der Waals surface area contributed by atoms with Crippen LogP contribution in [-0.4, -0.2) is 20.8 Å². The molecule has 0 spiro atoms. The molecule has 0 fully saturated rings. The number of rotatable bonds is 4. The highest BCUT2D eigenvalue weighted by molar-refractivity contribution is 5.86. The monoisotopic (exact) mass is 257 g/mol. The van der Waals surface area contributed by atoms with E-state index in [9.17, 15) is 0 Å². The van der Waals surface area contributed by atoms with Gasteiger partial charge in [-0.2, -0.15) is 4.98 Å². The summed E-state index contributed by atoms with van der Waals surface area (Å²) in [5.74, 6) is 1.56. The fourth-order valence-corrected chi connectivity index (χ4v) is 2.10. The molecule has 0 saturated carbocycles. The van der Waals surface area contributed by atoms with E-state index >= 15 is 0 Å². The van der Waals surface area contributed by atoms with E-state index in [4.69, 9.17) is 9.26 Å². The second-order valence-electron chi connectivity index (χ2n) is 4.65. The zero-order valence-electron chi connectivity index (χ0n) is 10.9. The van der Waals surface area contributed by atoms with Crippen molar-refractivity contribution in [1.29, 1.82) is 0 Å². The molecule has 5 nitrogen and oxygen atoms in total. The lowest BCUT2D eigenvalue weighted by molar-refractivity contribution is 0.245. The molecule has 0 atom stereocenters. The molecule has 19 heavy (non-hydrogen) atoms. The lowest BCUT2D eigenvalue weighted by Crippen LogP contribution is -2.05. The molecule has 2 heterocycles. The molecule has 0 saturated heterocycles. The van der Waals surface area contributed by atoms with Gasteiger partial charge in [-0.15, -0.1) is 0 Å². The number of benzene rings is 1. The molecule has 0 aliphatic rings. The van der Waals surface area contributed by atoms with E-state index in [1.165, 1.54) is 6.39 Å². The van der Waals surface area contributed by atoms with Crippen molar-refractivity contribution in [3.05, 3.63) is 42.7 Å². The summed E-state index contributed by atoms with van der Waals surface area (Å²) >= 11 is 0. The van der Waals surface area contributed by atoms with Crippen LogP contribution in [0.4, 0.5) is 0 Å². The Balaban J connectivity index is 1.99. The fraction of sp³-hybridized carbons (Fsp3) is 0.286. The fourth-order valence-electron chi connectivity index (χ4n) is 2.10. The topological polar surface area (TPSA) is 53.1 Å². The van der Waals surface area contributed by atoms with Crippen LogP contribution in [-0.2, 0) is 6.54 Å². The van der Waals surface area contributed by atoms with Crippen LogP contribution in [0.2, 0.25) is 0 Å². The maximum Gasteiger partial charge on any atom is 0.213 e. The normalized spacial score (nSPS) is 11.3. The van der Waals surface area contributed by atoms with Gasteiger partial charge in [-0.1, -0.05) is 11.2 Å². The summed E-state index contributed by atoms with van der Waals surface area (Å²) in [5, 5.41) is 4.93. The van der Waals surface area contributed by atoms with Gasteiger partial charge in [-0.25, -0.2) is 0 Å². The quantitative estimate of drug-likeness (QED) is 0.721. The van der Waals surface area contributed by atoms with Crippen LogP contribution in [0.25, 0.3) is 10.9 Å². The maximum absolute atomic E-state index is 5.81. The van der Waals surface area contributed by atoms with Gasteiger partial charge in [0.2, 0.25) is 6.39 Å². The highest BCUT2D eigenvalue weighted by atomic mass is 16.5. The molecule has 1 aromatic carbocycles. The number of ether oxygens (including phenoxy) is 1. The summed E-state index contributed by atoms with van der Waals surface area (Å²) in [6.07, 6.45) is 3.51. The molecule has 0 aliphatic heterocycles. The van der Waals surface area contributed by atoms with E-state index in [-0.39, 0.29) is 6.10 Å². The number of aromatic nitrogens is 3. The molecule has 0 aliphatic carbocycles. The zero-order valence-corrected chi connectivity index (χ0v) is 10.9. The number of hydrogen-bond donors (Lipinski definition) is 0. The highest BCUT2D eigenvalue weighted by Gasteiger charge is 2.09. The molecule has 0 amide bonds. The van der Waals surface area contributed by atoms with Crippen LogP contribution in [0.1, 0.15) is 19.7 Å². The van der Waals surface area contributed by atoms with E-state index in [1.54, 1.807) is 0 Å². The van der Waals surface area contributed by atoms with Gasteiger partial charge >= 0.3 is 0 Å². The minimum atomic E-state index is 0.158. The molecule has 3 rings (SSSR count). The first kappa shape index (κ1) is 11.8. The van der Waals surface area contributed by atoms with Crippen molar-refractivity contribution >= 4 is 10.9 Å². The summed E-state index contributed by atoms with van der Waals surface area (Å²) in [7, 11) is 0. The molecular formula is C14H15N3O2. The molecule has 0 radical (unpaired) electrons. The van der Waals surface area contributed by atoms with Gasteiger partial charge in [0.05, 0.1) is 18.2 Å². The second-order valence-corrected chi connectivity index (χ2v) is 4.65. The van der Waals surface area contributed by atoms with Gasteiger partial charge in [-0.3, -0.25) is 0 Å². The average Bonchev–Trinajstić information content (AvgIpc) is 3.00. The standard InChI is InChI=1S/C14H15N3O2/c1-10(2)19-13-5-3-4-12-11(13)6-7-17(12)8-14-15-9-18-16-14/h3-7,9-10H,8H2,1-2H3. The molecule has 0 unspecified atom stereocenters. The van der Waals surface area contributed by atoms with E-state index in [0.29, 0.717) is 12.4 Å². The Labute approximate surface area is 110 Å². The van der Waals surface area contributed by atoms with Gasteiger partial charge in [0.15, 0.2) is 5.82 Å². The summed E-state index contributed by atoms with van der Waals surface area (Å²) in [4.78, 5) is 4.04. The Kier molecular flexibility index (Phi) is 2.95. The molecule has 2 aromatic heterocycles. The molecule has 0 N–H and O–H groups in total. The van der Waals surface area contributed by atoms with Crippen molar-refractivity contribution in [1.82, 2.24) is 14.7 Å². The van der Waals surface area contributed by atoms with Crippen molar-refractivity contribution in [3.63, 3.8) is 0 Å². The van der Waals surface area contributed by atoms with Crippen molar-refractivity contribution in [3.8, 4) is 5.75 Å². The summed E-state index contributed by atoms with van der Waals surface area (Å²) in [6, 6.07) is 8.09. The first-order valence-corrected chi connectivity index (χ1v) is 6.24. The third-order valence-corrected chi connectivity index (χ3v) is 2.86. The Morgan fingerprint density at radius 3 is 2.95 bits per heavy atom. The molecule has 0 bridgehead atoms. The van der Waals surface area contributed by atoms with E-state index in [0.717, 1.165) is 16.7 Å². The van der Waals surface area contributed by atoms with Gasteiger partial charge < -0.3 is 13.8 Å². The smallest absolute Gasteiger partial charge is 0.213 e. The van der Waals surface area contributed by atoms with E-state index in [1.807, 2.05) is 38.2 Å². The van der Waals surface area contributed by atoms with Gasteiger partial charge in [0.1, 0.15) is 5.75 Å². The Morgan fingerprint density at radius 1 is 1.32 bits per heavy atom. The third kappa shape index (κ3) is 2.31. The third-order valence-electron chi connectivity index (χ3n) is 2.86. The summed E-state index contributed by atoms with van der Waals surface area (Å²) in [5.41, 5.74) is 1.10. The molecule has 98 valence electrons. The number of nitrogens with zero attached hydrogens (tertiary/aromatic N) is 3. The SMILES string of the molecule is CC(C)Oc1cccc2c1ccn2Cc1ncon1. The first-order valence-electron chi connectivity index (χ1n) is 6.24. The predicted molar refractivity (Wildman–Crippen MR) is 71.1 cm³/mol. The minimum Gasteiger partial charge on any atom is -0.490 e. The molecular weight excluding hydrogens is 242 g/mol. The van der Waals surface area contributed by atoms with Crippen LogP contribution < -0.4 is 4.74 Å². The molecule has 5 heteroatoms. The van der Waals surface area contributed by atoms with E-state index in [2.05, 4.69) is 20.8 Å². The van der Waals surface area contributed by atoms with Crippen LogP contribution >= 0.6 is 0 Å². The van der Waals surface area contributed by atoms with Crippen molar-refractivity contribution < 1.29 is 9.26 Å². The first-order chi connectivity index (χ1) is 9.24. The lowest BCUT2D eigenvalue weighted by atomic mass is 10.2. The van der Waals surface area contributed by atoms with E-state index < -0.39 is 0 Å². The lowest BCUT2D eigenvalue weighted by Gasteiger charge is -2.11. The second kappa shape index (κ2) is 4.76. The Morgan fingerprint density at radius 2 is 2.21 bits per heavy atom. The van der Waals surface area contributed by atoms with Gasteiger partial charge in [0.25, 0.3) is 0 Å². The van der Waals surface area contributed by atoms with Crippen LogP contribution in [0.3, 0.4) is 0 Å². The van der Waals surface area contributed by atoms with Crippen LogP contribution in [0, 0.1) is 0 Å². The van der Waals surface area contributed by atoms with Crippen LogP contribution in [0.5, 0.6) is 5.75 Å². The summed E-state index contributed by atoms with van der Waals surface area (Å²) in [6.45, 7) is 4.63. The van der Waals surface area contributed by atoms with Crippen molar-refractivity contribution in [2.24, 2.45) is 0 Å². The Bertz CT molecular complexity index is 671. The summed E-state index contributed by atoms with van der Waals surface area (Å²) < 4.78 is 12.6. The Hall–Kier alpha value is -2.30. The average molecular weight is 257 g/mol. The highest BCUT2D eigenvalue weighted by Crippen LogP contribution is 2.27. The largest absolute Gasteiger partial charge is 0.490 e. The van der Waals surface area contributed by atoms with Gasteiger partial charge in [-0.05, 0) is 32.0 Å². The van der Waals surface area contributed by atoms with Gasteiger partial charge in [0, 0.05) is 11.6 Å².